The number of carbonyl (C=O) groups is 1. The SMILES string of the molecule is CCCC/C=C\CCCCCCCC(=O)NC(COP(=O)([O-])OCC[N+](C)(C)C)C(O)/C=C/CCCCCCCCCCCCC. The van der Waals surface area contributed by atoms with Crippen molar-refractivity contribution >= 4 is 13.7 Å². The summed E-state index contributed by atoms with van der Waals surface area (Å²) in [7, 11) is 1.25. The fourth-order valence-electron chi connectivity index (χ4n) is 5.07. The summed E-state index contributed by atoms with van der Waals surface area (Å²) in [6.45, 7) is 4.57. The minimum absolute atomic E-state index is 0.00212. The minimum atomic E-state index is -4.58. The highest BCUT2D eigenvalue weighted by Crippen LogP contribution is 2.38. The molecule has 0 aliphatic rings. The number of hydrogen-bond donors (Lipinski definition) is 2. The molecule has 0 bridgehead atoms. The number of allylic oxidation sites excluding steroid dienone is 3. The summed E-state index contributed by atoms with van der Waals surface area (Å²) in [6, 6.07) is -0.884. The number of hydrogen-bond acceptors (Lipinski definition) is 6. The number of aliphatic hydroxyl groups is 1. The quantitative estimate of drug-likeness (QED) is 0.0312. The van der Waals surface area contributed by atoms with Gasteiger partial charge in [0.25, 0.3) is 7.82 Å². The first-order valence-corrected chi connectivity index (χ1v) is 20.2. The lowest BCUT2D eigenvalue weighted by atomic mass is 10.0. The number of likely N-dealkylation sites (N-methyl/N-ethyl adjacent to an activating group) is 1. The van der Waals surface area contributed by atoms with Crippen LogP contribution in [-0.4, -0.2) is 68.5 Å². The lowest BCUT2D eigenvalue weighted by molar-refractivity contribution is -0.870. The molecule has 0 radical (unpaired) electrons. The first-order chi connectivity index (χ1) is 22.0. The largest absolute Gasteiger partial charge is 0.756 e. The zero-order valence-electron chi connectivity index (χ0n) is 30.5. The number of nitrogens with one attached hydrogen (secondary N) is 1. The summed E-state index contributed by atoms with van der Waals surface area (Å²) < 4.78 is 23.0. The second kappa shape index (κ2) is 30.1. The van der Waals surface area contributed by atoms with Crippen molar-refractivity contribution in [3.63, 3.8) is 0 Å². The van der Waals surface area contributed by atoms with Crippen LogP contribution in [0.3, 0.4) is 0 Å². The van der Waals surface area contributed by atoms with E-state index in [9.17, 15) is 19.4 Å². The average Bonchev–Trinajstić information content (AvgIpc) is 2.99. The van der Waals surface area contributed by atoms with Crippen LogP contribution >= 0.6 is 7.82 Å². The highest BCUT2D eigenvalue weighted by atomic mass is 31.2. The first-order valence-electron chi connectivity index (χ1n) is 18.7. The van der Waals surface area contributed by atoms with Gasteiger partial charge in [0, 0.05) is 6.42 Å². The van der Waals surface area contributed by atoms with Gasteiger partial charge in [-0.25, -0.2) is 0 Å². The molecule has 0 heterocycles. The number of rotatable bonds is 33. The highest BCUT2D eigenvalue weighted by molar-refractivity contribution is 7.45. The lowest BCUT2D eigenvalue weighted by Crippen LogP contribution is -2.45. The molecule has 8 nitrogen and oxygen atoms in total. The Kier molecular flexibility index (Phi) is 29.4. The summed E-state index contributed by atoms with van der Waals surface area (Å²) in [5, 5.41) is 13.7. The van der Waals surface area contributed by atoms with Crippen LogP contribution in [0.25, 0.3) is 0 Å². The van der Waals surface area contributed by atoms with Crippen LogP contribution in [0.1, 0.15) is 155 Å². The molecule has 0 spiro atoms. The van der Waals surface area contributed by atoms with Gasteiger partial charge in [0.05, 0.1) is 39.9 Å². The molecule has 0 aromatic rings. The molecular weight excluding hydrogens is 599 g/mol. The Hall–Kier alpha value is -1.02. The molecule has 0 aliphatic heterocycles. The van der Waals surface area contributed by atoms with Gasteiger partial charge in [0.15, 0.2) is 0 Å². The smallest absolute Gasteiger partial charge is 0.268 e. The molecule has 0 saturated heterocycles. The van der Waals surface area contributed by atoms with Crippen molar-refractivity contribution in [3.8, 4) is 0 Å². The van der Waals surface area contributed by atoms with Crippen LogP contribution < -0.4 is 10.2 Å². The molecule has 0 fully saturated rings. The molecule has 0 aromatic carbocycles. The number of unbranched alkanes of at least 4 members (excludes halogenated alkanes) is 18. The van der Waals surface area contributed by atoms with Crippen molar-refractivity contribution in [1.29, 1.82) is 0 Å². The van der Waals surface area contributed by atoms with Crippen molar-refractivity contribution in [2.45, 2.75) is 167 Å². The van der Waals surface area contributed by atoms with Gasteiger partial charge in [-0.05, 0) is 38.5 Å². The van der Waals surface area contributed by atoms with Crippen molar-refractivity contribution in [2.75, 3.05) is 40.9 Å². The van der Waals surface area contributed by atoms with Gasteiger partial charge in [-0.3, -0.25) is 9.36 Å². The molecule has 0 rings (SSSR count). The maximum Gasteiger partial charge on any atom is 0.268 e. The summed E-state index contributed by atoms with van der Waals surface area (Å²) in [5.74, 6) is -0.211. The fraction of sp³-hybridized carbons (Fsp3) is 0.865. The van der Waals surface area contributed by atoms with Gasteiger partial charge in [-0.1, -0.05) is 134 Å². The Labute approximate surface area is 284 Å². The Morgan fingerprint density at radius 3 is 1.76 bits per heavy atom. The maximum atomic E-state index is 12.7. The molecule has 1 amide bonds. The molecule has 0 saturated carbocycles. The summed E-state index contributed by atoms with van der Waals surface area (Å²) >= 11 is 0. The lowest BCUT2D eigenvalue weighted by Gasteiger charge is -2.29. The number of amides is 1. The molecule has 3 unspecified atom stereocenters. The second-order valence-corrected chi connectivity index (χ2v) is 15.3. The van der Waals surface area contributed by atoms with Crippen LogP contribution in [0.5, 0.6) is 0 Å². The number of phosphoric ester groups is 1. The van der Waals surface area contributed by atoms with E-state index in [4.69, 9.17) is 9.05 Å². The van der Waals surface area contributed by atoms with E-state index in [0.29, 0.717) is 17.4 Å². The molecule has 2 N–H and O–H groups in total. The van der Waals surface area contributed by atoms with Gasteiger partial charge in [-0.15, -0.1) is 0 Å². The van der Waals surface area contributed by atoms with Crippen LogP contribution in [0.15, 0.2) is 24.3 Å². The van der Waals surface area contributed by atoms with E-state index < -0.39 is 20.0 Å². The molecule has 272 valence electrons. The van der Waals surface area contributed by atoms with E-state index in [0.717, 1.165) is 64.2 Å². The van der Waals surface area contributed by atoms with Crippen LogP contribution in [-0.2, 0) is 18.4 Å². The second-order valence-electron chi connectivity index (χ2n) is 13.9. The number of quaternary nitrogens is 1. The molecule has 3 atom stereocenters. The number of carbonyl (C=O) groups excluding carboxylic acids is 1. The zero-order valence-corrected chi connectivity index (χ0v) is 31.4. The van der Waals surface area contributed by atoms with Crippen LogP contribution in [0.4, 0.5) is 0 Å². The number of nitrogens with zero attached hydrogens (tertiary/aromatic N) is 1. The van der Waals surface area contributed by atoms with Gasteiger partial charge in [-0.2, -0.15) is 0 Å². The molecule has 0 aromatic heterocycles. The minimum Gasteiger partial charge on any atom is -0.756 e. The monoisotopic (exact) mass is 673 g/mol. The molecule has 0 aliphatic carbocycles. The molecular formula is C37H73N2O6P. The van der Waals surface area contributed by atoms with Crippen LogP contribution in [0.2, 0.25) is 0 Å². The predicted octanol–water partition coefficient (Wildman–Crippen LogP) is 8.77. The van der Waals surface area contributed by atoms with Gasteiger partial charge >= 0.3 is 0 Å². The summed E-state index contributed by atoms with van der Waals surface area (Å²) in [4.78, 5) is 25.1. The van der Waals surface area contributed by atoms with Crippen molar-refractivity contribution in [2.24, 2.45) is 0 Å². The van der Waals surface area contributed by atoms with E-state index in [-0.39, 0.29) is 19.1 Å². The summed E-state index contributed by atoms with van der Waals surface area (Å²) in [5.41, 5.74) is 0. The third-order valence-electron chi connectivity index (χ3n) is 8.16. The predicted molar refractivity (Wildman–Crippen MR) is 192 cm³/mol. The molecule has 46 heavy (non-hydrogen) atoms. The zero-order chi connectivity index (χ0) is 34.4. The third kappa shape index (κ3) is 31.6. The Morgan fingerprint density at radius 2 is 1.22 bits per heavy atom. The van der Waals surface area contributed by atoms with E-state index >= 15 is 0 Å². The molecule has 9 heteroatoms. The van der Waals surface area contributed by atoms with E-state index in [1.54, 1.807) is 6.08 Å². The standard InChI is InChI=1S/C37H73N2O6P/c1-6-8-10-12-14-16-18-19-21-22-24-26-28-30-36(40)35(34-45-46(42,43)44-33-32-39(3,4)5)38-37(41)31-29-27-25-23-20-17-15-13-11-9-7-2/h13,15,28,30,35-36,40H,6-12,14,16-27,29,31-34H2,1-5H3,(H-,38,41,42,43)/b15-13-,30-28+. The number of aliphatic hydroxyl groups excluding tert-OH is 1. The normalized spacial score (nSPS) is 15.0. The van der Waals surface area contributed by atoms with Gasteiger partial charge in [0.1, 0.15) is 13.2 Å². The van der Waals surface area contributed by atoms with E-state index in [2.05, 4.69) is 31.3 Å². The van der Waals surface area contributed by atoms with Gasteiger partial charge < -0.3 is 28.8 Å². The third-order valence-corrected chi connectivity index (χ3v) is 9.12. The Morgan fingerprint density at radius 1 is 0.739 bits per heavy atom. The van der Waals surface area contributed by atoms with Crippen molar-refractivity contribution < 1.29 is 32.9 Å². The Balaban J connectivity index is 4.58. The topological polar surface area (TPSA) is 108 Å². The number of phosphoric acid groups is 1. The van der Waals surface area contributed by atoms with Crippen LogP contribution in [0, 0.1) is 0 Å². The maximum absolute atomic E-state index is 12.7. The summed E-state index contributed by atoms with van der Waals surface area (Å²) in [6.07, 6.45) is 32.1. The average molecular weight is 673 g/mol. The van der Waals surface area contributed by atoms with Gasteiger partial charge in [0.2, 0.25) is 5.91 Å². The first kappa shape index (κ1) is 45.0. The van der Waals surface area contributed by atoms with E-state index in [1.807, 2.05) is 27.2 Å². The highest BCUT2D eigenvalue weighted by Gasteiger charge is 2.23. The van der Waals surface area contributed by atoms with E-state index in [1.165, 1.54) is 70.6 Å². The Bertz CT molecular complexity index is 814. The fourth-order valence-corrected chi connectivity index (χ4v) is 5.79. The van der Waals surface area contributed by atoms with Crippen molar-refractivity contribution in [3.05, 3.63) is 24.3 Å². The van der Waals surface area contributed by atoms with Crippen molar-refractivity contribution in [1.82, 2.24) is 5.32 Å².